The number of hydrogen-bond donors (Lipinski definition) is 2. The van der Waals surface area contributed by atoms with Gasteiger partial charge in [0.25, 0.3) is 0 Å². The second-order valence-electron chi connectivity index (χ2n) is 9.11. The van der Waals surface area contributed by atoms with Crippen LogP contribution in [0.25, 0.3) is 11.1 Å². The molecule has 0 radical (unpaired) electrons. The summed E-state index contributed by atoms with van der Waals surface area (Å²) >= 11 is 0. The molecule has 4 rings (SSSR count). The summed E-state index contributed by atoms with van der Waals surface area (Å²) in [4.78, 5) is 40.1. The molecule has 2 N–H and O–H groups in total. The lowest BCUT2D eigenvalue weighted by Gasteiger charge is -2.41. The fourth-order valence-corrected chi connectivity index (χ4v) is 4.22. The van der Waals surface area contributed by atoms with Gasteiger partial charge < -0.3 is 15.3 Å². The number of hydrogen-bond acceptors (Lipinski definition) is 4. The number of fused-ring (bicyclic) bond motifs is 1. The van der Waals surface area contributed by atoms with E-state index < -0.39 is 6.09 Å². The Hall–Kier alpha value is -3.36. The van der Waals surface area contributed by atoms with Crippen molar-refractivity contribution in [1.29, 1.82) is 0 Å². The van der Waals surface area contributed by atoms with Crippen LogP contribution >= 0.6 is 0 Å². The third-order valence-electron chi connectivity index (χ3n) is 5.78. The topological polar surface area (TPSA) is 108 Å². The summed E-state index contributed by atoms with van der Waals surface area (Å²) in [5.74, 6) is -0.153. The molecule has 0 unspecified atom stereocenters. The van der Waals surface area contributed by atoms with Crippen LogP contribution in [0.2, 0.25) is 0 Å². The van der Waals surface area contributed by atoms with Gasteiger partial charge in [-0.25, -0.2) is 4.79 Å². The minimum absolute atomic E-state index is 0.0677. The first-order valence-corrected chi connectivity index (χ1v) is 11.0. The van der Waals surface area contributed by atoms with E-state index in [0.717, 1.165) is 18.4 Å². The van der Waals surface area contributed by atoms with Crippen LogP contribution < -0.4 is 15.1 Å². The molecule has 0 bridgehead atoms. The molecule has 1 fully saturated rings. The summed E-state index contributed by atoms with van der Waals surface area (Å²) in [5.41, 5.74) is 2.89. The third kappa shape index (κ3) is 4.19. The van der Waals surface area contributed by atoms with Crippen LogP contribution in [-0.4, -0.2) is 45.4 Å². The van der Waals surface area contributed by atoms with Gasteiger partial charge >= 0.3 is 6.09 Å². The van der Waals surface area contributed by atoms with Crippen LogP contribution in [0.5, 0.6) is 0 Å². The van der Waals surface area contributed by atoms with Crippen molar-refractivity contribution in [2.45, 2.75) is 59.0 Å². The summed E-state index contributed by atoms with van der Waals surface area (Å²) in [5, 5.41) is 17.2. The van der Waals surface area contributed by atoms with E-state index in [2.05, 4.69) is 10.4 Å². The van der Waals surface area contributed by atoms with Crippen LogP contribution in [0.15, 0.2) is 24.5 Å². The van der Waals surface area contributed by atoms with Crippen LogP contribution in [0.1, 0.15) is 53.0 Å². The van der Waals surface area contributed by atoms with Crippen LogP contribution in [0.4, 0.5) is 21.9 Å². The normalized spacial score (nSPS) is 18.0. The molecule has 2 aliphatic rings. The predicted octanol–water partition coefficient (Wildman–Crippen LogP) is 4.11. The fraction of sp³-hybridized carbons (Fsp3) is 0.478. The van der Waals surface area contributed by atoms with E-state index >= 15 is 0 Å². The van der Waals surface area contributed by atoms with Gasteiger partial charge in [-0.1, -0.05) is 13.8 Å². The molecule has 0 spiro atoms. The molecule has 32 heavy (non-hydrogen) atoms. The summed E-state index contributed by atoms with van der Waals surface area (Å²) in [6.07, 6.45) is 5.08. The van der Waals surface area contributed by atoms with Gasteiger partial charge in [-0.2, -0.15) is 5.10 Å². The lowest BCUT2D eigenvalue weighted by molar-refractivity contribution is -0.119. The van der Waals surface area contributed by atoms with Gasteiger partial charge in [-0.3, -0.25) is 19.2 Å². The number of benzene rings is 1. The maximum absolute atomic E-state index is 13.1. The van der Waals surface area contributed by atoms with Crippen LogP contribution in [0, 0.1) is 5.92 Å². The zero-order valence-corrected chi connectivity index (χ0v) is 18.8. The standard InChI is InChI=1S/C23H29N5O4/c1-13(2)7-22(30)28-14(3)11-26(23(31)32)20-8-18(19(9-21(20)28)25-15(4)29)16-10-24-27(12-16)17-5-6-17/h8-10,12-14,17H,5-7,11H2,1-4H3,(H,25,29)(H,31,32)/t14-/m0/s1. The zero-order valence-electron chi connectivity index (χ0n) is 18.8. The highest BCUT2D eigenvalue weighted by atomic mass is 16.4. The minimum atomic E-state index is -1.08. The zero-order chi connectivity index (χ0) is 23.2. The van der Waals surface area contributed by atoms with Crippen molar-refractivity contribution in [3.8, 4) is 11.1 Å². The molecule has 1 aliphatic heterocycles. The molecular weight excluding hydrogens is 410 g/mol. The quantitative estimate of drug-likeness (QED) is 0.729. The van der Waals surface area contributed by atoms with Crippen molar-refractivity contribution in [2.24, 2.45) is 5.92 Å². The third-order valence-corrected chi connectivity index (χ3v) is 5.78. The first-order chi connectivity index (χ1) is 15.2. The van der Waals surface area contributed by atoms with Crippen LogP contribution in [0.3, 0.4) is 0 Å². The lowest BCUT2D eigenvalue weighted by atomic mass is 9.99. The first kappa shape index (κ1) is 21.9. The van der Waals surface area contributed by atoms with E-state index in [0.29, 0.717) is 35.1 Å². The van der Waals surface area contributed by atoms with Gasteiger partial charge in [-0.15, -0.1) is 0 Å². The number of nitrogens with one attached hydrogen (secondary N) is 1. The number of aromatic nitrogens is 2. The fourth-order valence-electron chi connectivity index (χ4n) is 4.22. The van der Waals surface area contributed by atoms with E-state index in [1.165, 1.54) is 11.8 Å². The second-order valence-corrected chi connectivity index (χ2v) is 9.11. The number of anilines is 3. The van der Waals surface area contributed by atoms with E-state index in [1.54, 1.807) is 23.2 Å². The number of carbonyl (C=O) groups excluding carboxylic acids is 2. The molecule has 9 nitrogen and oxygen atoms in total. The van der Waals surface area contributed by atoms with Gasteiger partial charge in [0.1, 0.15) is 0 Å². The Balaban J connectivity index is 1.87. The molecule has 170 valence electrons. The largest absolute Gasteiger partial charge is 0.465 e. The molecular formula is C23H29N5O4. The Bertz CT molecular complexity index is 1070. The Morgan fingerprint density at radius 2 is 1.94 bits per heavy atom. The minimum Gasteiger partial charge on any atom is -0.465 e. The average Bonchev–Trinajstić information content (AvgIpc) is 3.43. The average molecular weight is 440 g/mol. The highest BCUT2D eigenvalue weighted by Crippen LogP contribution is 2.44. The monoisotopic (exact) mass is 439 g/mol. The Morgan fingerprint density at radius 1 is 1.22 bits per heavy atom. The van der Waals surface area contributed by atoms with Crippen molar-refractivity contribution >= 4 is 35.0 Å². The highest BCUT2D eigenvalue weighted by Gasteiger charge is 2.36. The van der Waals surface area contributed by atoms with Gasteiger partial charge in [-0.05, 0) is 37.8 Å². The van der Waals surface area contributed by atoms with Crippen molar-refractivity contribution < 1.29 is 19.5 Å². The molecule has 2 aromatic rings. The predicted molar refractivity (Wildman–Crippen MR) is 122 cm³/mol. The number of rotatable bonds is 5. The lowest BCUT2D eigenvalue weighted by Crippen LogP contribution is -2.52. The van der Waals surface area contributed by atoms with Crippen molar-refractivity contribution in [1.82, 2.24) is 9.78 Å². The van der Waals surface area contributed by atoms with Gasteiger partial charge in [0.2, 0.25) is 11.8 Å². The number of carboxylic acid groups (broad SMARTS) is 1. The summed E-state index contributed by atoms with van der Waals surface area (Å²) < 4.78 is 1.90. The van der Waals surface area contributed by atoms with E-state index in [-0.39, 0.29) is 30.3 Å². The number of carbonyl (C=O) groups is 3. The van der Waals surface area contributed by atoms with Crippen LogP contribution in [-0.2, 0) is 9.59 Å². The van der Waals surface area contributed by atoms with Crippen molar-refractivity contribution in [3.05, 3.63) is 24.5 Å². The van der Waals surface area contributed by atoms with E-state index in [4.69, 9.17) is 0 Å². The smallest absolute Gasteiger partial charge is 0.411 e. The molecule has 1 aromatic carbocycles. The summed E-state index contributed by atoms with van der Waals surface area (Å²) in [6, 6.07) is 3.51. The van der Waals surface area contributed by atoms with Crippen molar-refractivity contribution in [3.63, 3.8) is 0 Å². The molecule has 1 aromatic heterocycles. The van der Waals surface area contributed by atoms with Gasteiger partial charge in [0, 0.05) is 37.2 Å². The first-order valence-electron chi connectivity index (χ1n) is 11.0. The maximum Gasteiger partial charge on any atom is 0.411 e. The highest BCUT2D eigenvalue weighted by molar-refractivity contribution is 6.06. The molecule has 9 heteroatoms. The molecule has 1 saturated carbocycles. The van der Waals surface area contributed by atoms with Gasteiger partial charge in [0.05, 0.1) is 35.3 Å². The van der Waals surface area contributed by atoms with Gasteiger partial charge in [0.15, 0.2) is 0 Å². The Kier molecular flexibility index (Phi) is 5.66. The SMILES string of the molecule is CC(=O)Nc1cc2c(cc1-c1cnn(C3CC3)c1)N(C(=O)O)C[C@H](C)N2C(=O)CC(C)C. The summed E-state index contributed by atoms with van der Waals surface area (Å²) in [7, 11) is 0. The van der Waals surface area contributed by atoms with Crippen molar-refractivity contribution in [2.75, 3.05) is 21.7 Å². The molecule has 1 atom stereocenters. The molecule has 3 amide bonds. The number of amides is 3. The van der Waals surface area contributed by atoms with E-state index in [9.17, 15) is 19.5 Å². The number of nitrogens with zero attached hydrogens (tertiary/aromatic N) is 4. The Labute approximate surface area is 187 Å². The molecule has 1 aliphatic carbocycles. The molecule has 0 saturated heterocycles. The van der Waals surface area contributed by atoms with E-state index in [1.807, 2.05) is 31.6 Å². The summed E-state index contributed by atoms with van der Waals surface area (Å²) in [6.45, 7) is 7.38. The molecule has 2 heterocycles. The Morgan fingerprint density at radius 3 is 2.53 bits per heavy atom. The maximum atomic E-state index is 13.1. The second kappa shape index (κ2) is 8.29.